The van der Waals surface area contributed by atoms with Gasteiger partial charge in [-0.2, -0.15) is 0 Å². The molecular weight excluding hydrogens is 271 g/mol. The molecule has 0 radical (unpaired) electrons. The molecule has 2 rings (SSSR count). The van der Waals surface area contributed by atoms with E-state index in [0.717, 1.165) is 4.57 Å². The summed E-state index contributed by atoms with van der Waals surface area (Å²) in [4.78, 5) is 24.5. The Morgan fingerprint density at radius 3 is 2.76 bits per heavy atom. The Labute approximate surface area is 106 Å². The quantitative estimate of drug-likeness (QED) is 0.725. The monoisotopic (exact) mass is 280 g/mol. The van der Waals surface area contributed by atoms with Crippen LogP contribution >= 0.6 is 23.2 Å². The number of aliphatic hydroxyl groups is 1. The Morgan fingerprint density at radius 2 is 2.24 bits per heavy atom. The molecule has 0 amide bonds. The van der Waals surface area contributed by atoms with Crippen molar-refractivity contribution < 1.29 is 9.84 Å². The smallest absolute Gasteiger partial charge is 0.330 e. The van der Waals surface area contributed by atoms with Crippen molar-refractivity contribution in [2.45, 2.75) is 23.8 Å². The highest BCUT2D eigenvalue weighted by Crippen LogP contribution is 2.32. The fraction of sp³-hybridized carbons (Fsp3) is 0.556. The fourth-order valence-corrected chi connectivity index (χ4v) is 2.28. The number of hydrogen-bond acceptors (Lipinski definition) is 4. The number of H-pyrrole nitrogens is 1. The summed E-state index contributed by atoms with van der Waals surface area (Å²) in [5, 5.41) is 8.90. The topological polar surface area (TPSA) is 84.3 Å². The maximum Gasteiger partial charge on any atom is 0.330 e. The molecule has 1 aliphatic rings. The van der Waals surface area contributed by atoms with Crippen molar-refractivity contribution in [3.63, 3.8) is 0 Å². The summed E-state index contributed by atoms with van der Waals surface area (Å²) in [6.07, 6.45) is -1.18. The van der Waals surface area contributed by atoms with Crippen LogP contribution in [0.1, 0.15) is 6.23 Å². The molecule has 0 bridgehead atoms. The van der Waals surface area contributed by atoms with E-state index in [0.29, 0.717) is 0 Å². The Balaban J connectivity index is 2.35. The molecule has 4 atom stereocenters. The number of hydrogen-bond donors (Lipinski definition) is 2. The van der Waals surface area contributed by atoms with Crippen molar-refractivity contribution in [1.82, 2.24) is 9.55 Å². The minimum atomic E-state index is -0.960. The molecule has 94 valence electrons. The number of nitrogens with one attached hydrogen (secondary N) is 1. The summed E-state index contributed by atoms with van der Waals surface area (Å²) in [5.74, 6) is 0.0684. The summed E-state index contributed by atoms with van der Waals surface area (Å²) >= 11 is 11.6. The van der Waals surface area contributed by atoms with Crippen LogP contribution in [0.5, 0.6) is 0 Å². The van der Waals surface area contributed by atoms with E-state index in [4.69, 9.17) is 27.9 Å². The molecule has 1 aromatic rings. The highest BCUT2D eigenvalue weighted by atomic mass is 35.5. The van der Waals surface area contributed by atoms with Crippen LogP contribution in [0.15, 0.2) is 21.9 Å². The molecule has 0 spiro atoms. The lowest BCUT2D eigenvalue weighted by molar-refractivity contribution is -0.00797. The third-order valence-corrected chi connectivity index (χ3v) is 3.35. The number of rotatable bonds is 2. The second kappa shape index (κ2) is 4.81. The number of nitrogens with zero attached hydrogens (tertiary/aromatic N) is 1. The highest BCUT2D eigenvalue weighted by molar-refractivity contribution is 6.22. The van der Waals surface area contributed by atoms with Crippen LogP contribution in [0, 0.1) is 0 Å². The zero-order valence-electron chi connectivity index (χ0n) is 8.55. The summed E-state index contributed by atoms with van der Waals surface area (Å²) in [5.41, 5.74) is -1.15. The highest BCUT2D eigenvalue weighted by Gasteiger charge is 2.43. The molecule has 1 aliphatic heterocycles. The van der Waals surface area contributed by atoms with Gasteiger partial charge >= 0.3 is 5.69 Å². The van der Waals surface area contributed by atoms with Gasteiger partial charge in [0.05, 0.1) is 5.88 Å². The van der Waals surface area contributed by atoms with E-state index in [9.17, 15) is 14.7 Å². The normalized spacial score (nSPS) is 32.9. The Kier molecular flexibility index (Phi) is 3.58. The van der Waals surface area contributed by atoms with Crippen LogP contribution < -0.4 is 11.2 Å². The number of aromatic nitrogens is 2. The number of alkyl halides is 2. The molecule has 1 saturated heterocycles. The van der Waals surface area contributed by atoms with E-state index in [1.807, 2.05) is 0 Å². The molecule has 0 unspecified atom stereocenters. The molecule has 1 aromatic heterocycles. The molecular formula is C9H10Cl2N2O4. The Hall–Kier alpha value is -0.820. The average Bonchev–Trinajstić information content (AvgIpc) is 2.57. The first-order valence-corrected chi connectivity index (χ1v) is 5.86. The van der Waals surface area contributed by atoms with Gasteiger partial charge in [-0.1, -0.05) is 0 Å². The lowest BCUT2D eigenvalue weighted by atomic mass is 10.2. The van der Waals surface area contributed by atoms with Gasteiger partial charge in [-0.3, -0.25) is 14.3 Å². The second-order valence-corrected chi connectivity index (χ2v) is 4.48. The molecule has 2 heterocycles. The predicted octanol–water partition coefficient (Wildman–Crippen LogP) is -0.359. The van der Waals surface area contributed by atoms with E-state index < -0.39 is 35.1 Å². The van der Waals surface area contributed by atoms with Crippen LogP contribution in [0.4, 0.5) is 0 Å². The minimum absolute atomic E-state index is 0.0684. The average molecular weight is 281 g/mol. The predicted molar refractivity (Wildman–Crippen MR) is 61.6 cm³/mol. The molecule has 0 saturated carbocycles. The van der Waals surface area contributed by atoms with Crippen LogP contribution in [0.2, 0.25) is 0 Å². The maximum absolute atomic E-state index is 11.5. The van der Waals surface area contributed by atoms with Gasteiger partial charge in [0.15, 0.2) is 6.23 Å². The zero-order valence-corrected chi connectivity index (χ0v) is 10.1. The van der Waals surface area contributed by atoms with E-state index in [1.165, 1.54) is 12.3 Å². The van der Waals surface area contributed by atoms with Gasteiger partial charge in [-0.05, 0) is 0 Å². The van der Waals surface area contributed by atoms with Crippen LogP contribution in [0.3, 0.4) is 0 Å². The van der Waals surface area contributed by atoms with Crippen molar-refractivity contribution in [2.24, 2.45) is 0 Å². The third-order valence-electron chi connectivity index (χ3n) is 2.57. The van der Waals surface area contributed by atoms with Gasteiger partial charge in [0.25, 0.3) is 5.56 Å². The molecule has 0 aromatic carbocycles. The molecule has 2 N–H and O–H groups in total. The van der Waals surface area contributed by atoms with E-state index in [1.54, 1.807) is 0 Å². The van der Waals surface area contributed by atoms with Crippen molar-refractivity contribution >= 4 is 23.2 Å². The summed E-state index contributed by atoms with van der Waals surface area (Å²) < 4.78 is 6.49. The first kappa shape index (κ1) is 12.6. The molecule has 8 heteroatoms. The lowest BCUT2D eigenvalue weighted by Crippen LogP contribution is -2.35. The maximum atomic E-state index is 11.5. The van der Waals surface area contributed by atoms with Gasteiger partial charge in [0.2, 0.25) is 0 Å². The summed E-state index contributed by atoms with van der Waals surface area (Å²) in [6.45, 7) is 0. The Bertz CT molecular complexity index is 514. The largest absolute Gasteiger partial charge is 0.389 e. The number of halogens is 2. The number of ether oxygens (including phenoxy) is 1. The van der Waals surface area contributed by atoms with Gasteiger partial charge in [0, 0.05) is 12.3 Å². The first-order chi connectivity index (χ1) is 8.04. The molecule has 17 heavy (non-hydrogen) atoms. The van der Waals surface area contributed by atoms with Crippen LogP contribution in [-0.2, 0) is 4.74 Å². The SMILES string of the molecule is O=c1ccn([C@@H]2O[C@H](CCl)[C@@H](O)[C@H]2Cl)c(=O)[nH]1. The standard InChI is InChI=1S/C9H10Cl2N2O4/c10-3-4-7(15)6(11)8(17-4)13-2-1-5(14)12-9(13)16/h1-2,4,6-8,15H,3H2,(H,12,14,16)/t4-,6-,7-,8-/m1/s1. The van der Waals surface area contributed by atoms with Gasteiger partial charge in [-0.15, -0.1) is 23.2 Å². The van der Waals surface area contributed by atoms with E-state index >= 15 is 0 Å². The first-order valence-electron chi connectivity index (χ1n) is 4.89. The van der Waals surface area contributed by atoms with Crippen LogP contribution in [-0.4, -0.2) is 38.1 Å². The van der Waals surface area contributed by atoms with Gasteiger partial charge in [0.1, 0.15) is 17.6 Å². The van der Waals surface area contributed by atoms with Crippen molar-refractivity contribution in [3.8, 4) is 0 Å². The zero-order chi connectivity index (χ0) is 12.6. The van der Waals surface area contributed by atoms with Crippen molar-refractivity contribution in [2.75, 3.05) is 5.88 Å². The van der Waals surface area contributed by atoms with E-state index in [2.05, 4.69) is 4.98 Å². The van der Waals surface area contributed by atoms with E-state index in [-0.39, 0.29) is 5.88 Å². The number of aliphatic hydroxyl groups excluding tert-OH is 1. The van der Waals surface area contributed by atoms with Gasteiger partial charge < -0.3 is 9.84 Å². The summed E-state index contributed by atoms with van der Waals surface area (Å²) in [7, 11) is 0. The second-order valence-electron chi connectivity index (χ2n) is 3.67. The third kappa shape index (κ3) is 2.26. The lowest BCUT2D eigenvalue weighted by Gasteiger charge is -2.15. The Morgan fingerprint density at radius 1 is 1.53 bits per heavy atom. The summed E-state index contributed by atoms with van der Waals surface area (Å²) in [6, 6.07) is 1.18. The van der Waals surface area contributed by atoms with Crippen molar-refractivity contribution in [1.29, 1.82) is 0 Å². The minimum Gasteiger partial charge on any atom is -0.389 e. The van der Waals surface area contributed by atoms with Crippen molar-refractivity contribution in [3.05, 3.63) is 33.1 Å². The molecule has 0 aliphatic carbocycles. The van der Waals surface area contributed by atoms with Crippen LogP contribution in [0.25, 0.3) is 0 Å². The number of aromatic amines is 1. The fourth-order valence-electron chi connectivity index (χ4n) is 1.68. The van der Waals surface area contributed by atoms with Gasteiger partial charge in [-0.25, -0.2) is 4.79 Å². The molecule has 6 nitrogen and oxygen atoms in total. The molecule has 1 fully saturated rings.